The largest absolute Gasteiger partial charge is 0.464 e. The van der Waals surface area contributed by atoms with E-state index < -0.39 is 38.6 Å². The van der Waals surface area contributed by atoms with Crippen LogP contribution in [0.2, 0.25) is 0 Å². The second kappa shape index (κ2) is 7.21. The fourth-order valence-corrected chi connectivity index (χ4v) is 4.27. The van der Waals surface area contributed by atoms with Crippen molar-refractivity contribution in [3.63, 3.8) is 0 Å². The van der Waals surface area contributed by atoms with Crippen molar-refractivity contribution in [3.8, 4) is 11.1 Å². The summed E-state index contributed by atoms with van der Waals surface area (Å²) in [6, 6.07) is 10.0. The lowest BCUT2D eigenvalue weighted by atomic mass is 10.0. The van der Waals surface area contributed by atoms with Gasteiger partial charge in [-0.25, -0.2) is 28.5 Å². The third-order valence-corrected chi connectivity index (χ3v) is 5.70. The standard InChI is InChI=1S/C18H18FN3O5S/c1-28(26,27)16-12(11-5-3-2-4-6-11)7-8-13(15(16)19)21-10-9-14(17(21)23)22(20)18(24)25/h2-8,14H,9-10,20H2,1H3,(H,24,25)/t14-/m0/s1. The summed E-state index contributed by atoms with van der Waals surface area (Å²) in [6.45, 7) is 0.00921. The summed E-state index contributed by atoms with van der Waals surface area (Å²) in [6.07, 6.45) is -0.533. The smallest absolute Gasteiger partial charge is 0.422 e. The fraction of sp³-hybridized carbons (Fsp3) is 0.222. The van der Waals surface area contributed by atoms with Crippen LogP contribution in [0, 0.1) is 5.82 Å². The maximum absolute atomic E-state index is 15.3. The Hall–Kier alpha value is -2.98. The number of amides is 2. The van der Waals surface area contributed by atoms with Crippen LogP contribution >= 0.6 is 0 Å². The molecule has 2 aromatic carbocycles. The molecular weight excluding hydrogens is 389 g/mol. The molecule has 0 aliphatic carbocycles. The van der Waals surface area contributed by atoms with E-state index in [1.54, 1.807) is 30.3 Å². The maximum Gasteiger partial charge on any atom is 0.422 e. The molecule has 28 heavy (non-hydrogen) atoms. The molecule has 3 N–H and O–H groups in total. The topological polar surface area (TPSA) is 121 Å². The molecule has 3 rings (SSSR count). The van der Waals surface area contributed by atoms with E-state index in [0.717, 1.165) is 11.2 Å². The van der Waals surface area contributed by atoms with E-state index in [1.807, 2.05) is 0 Å². The summed E-state index contributed by atoms with van der Waals surface area (Å²) in [5, 5.41) is 9.33. The zero-order valence-electron chi connectivity index (χ0n) is 14.9. The Kier molecular flexibility index (Phi) is 5.09. The Labute approximate surface area is 160 Å². The Morgan fingerprint density at radius 3 is 2.46 bits per heavy atom. The number of nitrogens with zero attached hydrogens (tertiary/aromatic N) is 2. The number of sulfone groups is 1. The Bertz CT molecular complexity index is 1040. The van der Waals surface area contributed by atoms with Crippen molar-refractivity contribution in [2.45, 2.75) is 17.4 Å². The van der Waals surface area contributed by atoms with Gasteiger partial charge in [0.2, 0.25) is 0 Å². The molecule has 0 saturated carbocycles. The van der Waals surface area contributed by atoms with E-state index in [1.165, 1.54) is 12.1 Å². The average Bonchev–Trinajstić information content (AvgIpc) is 3.01. The van der Waals surface area contributed by atoms with Crippen LogP contribution in [0.5, 0.6) is 0 Å². The molecule has 0 spiro atoms. The minimum atomic E-state index is -3.97. The highest BCUT2D eigenvalue weighted by Gasteiger charge is 2.39. The molecule has 1 aliphatic rings. The van der Waals surface area contributed by atoms with Gasteiger partial charge < -0.3 is 10.0 Å². The zero-order chi connectivity index (χ0) is 20.6. The molecule has 0 aromatic heterocycles. The van der Waals surface area contributed by atoms with E-state index in [0.29, 0.717) is 10.6 Å². The molecule has 8 nitrogen and oxygen atoms in total. The Morgan fingerprint density at radius 1 is 1.25 bits per heavy atom. The van der Waals surface area contributed by atoms with Gasteiger partial charge in [0.15, 0.2) is 15.7 Å². The summed E-state index contributed by atoms with van der Waals surface area (Å²) in [5.41, 5.74) is 0.461. The van der Waals surface area contributed by atoms with Gasteiger partial charge in [0.05, 0.1) is 5.69 Å². The summed E-state index contributed by atoms with van der Waals surface area (Å²) in [5.74, 6) is 3.62. The average molecular weight is 407 g/mol. The molecular formula is C18H18FN3O5S. The number of carbonyl (C=O) groups excluding carboxylic acids is 1. The van der Waals surface area contributed by atoms with Crippen LogP contribution in [-0.4, -0.2) is 49.4 Å². The zero-order valence-corrected chi connectivity index (χ0v) is 15.7. The van der Waals surface area contributed by atoms with Gasteiger partial charge in [0.25, 0.3) is 5.91 Å². The van der Waals surface area contributed by atoms with E-state index in [9.17, 15) is 18.0 Å². The second-order valence-electron chi connectivity index (χ2n) is 6.40. The fourth-order valence-electron chi connectivity index (χ4n) is 3.26. The molecule has 0 bridgehead atoms. The molecule has 1 fully saturated rings. The SMILES string of the molecule is CS(=O)(=O)c1c(-c2ccccc2)ccc(N2CC[C@H](N(N)C(=O)O)C2=O)c1F. The summed E-state index contributed by atoms with van der Waals surface area (Å²) < 4.78 is 39.9. The van der Waals surface area contributed by atoms with Crippen molar-refractivity contribution >= 4 is 27.5 Å². The Balaban J connectivity index is 2.10. The first-order chi connectivity index (χ1) is 13.1. The van der Waals surface area contributed by atoms with Crippen LogP contribution in [0.3, 0.4) is 0 Å². The van der Waals surface area contributed by atoms with Crippen molar-refractivity contribution < 1.29 is 27.5 Å². The highest BCUT2D eigenvalue weighted by Crippen LogP contribution is 2.36. The minimum Gasteiger partial charge on any atom is -0.464 e. The predicted octanol–water partition coefficient (Wildman–Crippen LogP) is 1.86. The Morgan fingerprint density at radius 2 is 1.89 bits per heavy atom. The maximum atomic E-state index is 15.3. The first-order valence-electron chi connectivity index (χ1n) is 8.29. The lowest BCUT2D eigenvalue weighted by Crippen LogP contribution is -2.49. The number of halogens is 1. The quantitative estimate of drug-likeness (QED) is 0.453. The van der Waals surface area contributed by atoms with Gasteiger partial charge in [0, 0.05) is 18.4 Å². The van der Waals surface area contributed by atoms with E-state index >= 15 is 4.39 Å². The van der Waals surface area contributed by atoms with Crippen LogP contribution in [0.1, 0.15) is 6.42 Å². The molecule has 1 saturated heterocycles. The predicted molar refractivity (Wildman–Crippen MR) is 99.8 cm³/mol. The van der Waals surface area contributed by atoms with Gasteiger partial charge in [-0.15, -0.1) is 0 Å². The normalized spacial score (nSPS) is 17.0. The third kappa shape index (κ3) is 3.43. The van der Waals surface area contributed by atoms with Crippen molar-refractivity contribution in [2.24, 2.45) is 5.84 Å². The molecule has 0 radical (unpaired) electrons. The van der Waals surface area contributed by atoms with E-state index in [-0.39, 0.29) is 24.2 Å². The number of carboxylic acid groups (broad SMARTS) is 1. The highest BCUT2D eigenvalue weighted by molar-refractivity contribution is 7.90. The van der Waals surface area contributed by atoms with Gasteiger partial charge in [-0.1, -0.05) is 36.4 Å². The van der Waals surface area contributed by atoms with Crippen molar-refractivity contribution in [1.29, 1.82) is 0 Å². The van der Waals surface area contributed by atoms with Gasteiger partial charge >= 0.3 is 6.09 Å². The van der Waals surface area contributed by atoms with Gasteiger partial charge in [-0.2, -0.15) is 0 Å². The number of rotatable bonds is 4. The van der Waals surface area contributed by atoms with Crippen LogP contribution < -0.4 is 10.7 Å². The lowest BCUT2D eigenvalue weighted by molar-refractivity contribution is -0.121. The second-order valence-corrected chi connectivity index (χ2v) is 8.35. The van der Waals surface area contributed by atoms with Gasteiger partial charge in [-0.05, 0) is 18.1 Å². The third-order valence-electron chi connectivity index (χ3n) is 4.56. The van der Waals surface area contributed by atoms with E-state index in [2.05, 4.69) is 0 Å². The molecule has 1 aliphatic heterocycles. The van der Waals surface area contributed by atoms with Crippen molar-refractivity contribution in [3.05, 3.63) is 48.3 Å². The monoisotopic (exact) mass is 407 g/mol. The first kappa shape index (κ1) is 19.8. The molecule has 2 aromatic rings. The number of benzene rings is 2. The number of nitrogens with two attached hydrogens (primary N) is 1. The van der Waals surface area contributed by atoms with Crippen LogP contribution in [0.15, 0.2) is 47.4 Å². The number of hydrazine groups is 1. The molecule has 0 unspecified atom stereocenters. The first-order valence-corrected chi connectivity index (χ1v) is 10.2. The molecule has 1 atom stereocenters. The minimum absolute atomic E-state index is 0.00921. The summed E-state index contributed by atoms with van der Waals surface area (Å²) in [4.78, 5) is 24.1. The van der Waals surface area contributed by atoms with Gasteiger partial charge in [-0.3, -0.25) is 4.79 Å². The summed E-state index contributed by atoms with van der Waals surface area (Å²) >= 11 is 0. The van der Waals surface area contributed by atoms with Crippen LogP contribution in [0.4, 0.5) is 14.9 Å². The lowest BCUT2D eigenvalue weighted by Gasteiger charge is -2.22. The number of carbonyl (C=O) groups is 2. The van der Waals surface area contributed by atoms with Crippen LogP contribution in [-0.2, 0) is 14.6 Å². The molecule has 1 heterocycles. The van der Waals surface area contributed by atoms with Crippen molar-refractivity contribution in [1.82, 2.24) is 5.01 Å². The van der Waals surface area contributed by atoms with Gasteiger partial charge in [0.1, 0.15) is 10.9 Å². The van der Waals surface area contributed by atoms with Crippen molar-refractivity contribution in [2.75, 3.05) is 17.7 Å². The number of hydrogen-bond donors (Lipinski definition) is 2. The molecule has 148 valence electrons. The number of hydrogen-bond acceptors (Lipinski definition) is 5. The number of anilines is 1. The van der Waals surface area contributed by atoms with E-state index in [4.69, 9.17) is 10.9 Å². The molecule has 2 amide bonds. The summed E-state index contributed by atoms with van der Waals surface area (Å²) in [7, 11) is -3.97. The highest BCUT2D eigenvalue weighted by atomic mass is 32.2. The molecule has 10 heteroatoms. The van der Waals surface area contributed by atoms with Crippen LogP contribution in [0.25, 0.3) is 11.1 Å².